The first kappa shape index (κ1) is 27.5. The van der Waals surface area contributed by atoms with Crippen LogP contribution in [0.5, 0.6) is 0 Å². The van der Waals surface area contributed by atoms with Crippen molar-refractivity contribution in [3.05, 3.63) is 118 Å². The highest BCUT2D eigenvalue weighted by Gasteiger charge is 2.31. The van der Waals surface area contributed by atoms with Gasteiger partial charge in [-0.25, -0.2) is 9.18 Å². The van der Waals surface area contributed by atoms with E-state index in [1.807, 2.05) is 18.2 Å². The van der Waals surface area contributed by atoms with Gasteiger partial charge in [0, 0.05) is 24.6 Å². The summed E-state index contributed by atoms with van der Waals surface area (Å²) in [5.74, 6) is -1.31. The van der Waals surface area contributed by atoms with Gasteiger partial charge in [0.25, 0.3) is 0 Å². The van der Waals surface area contributed by atoms with Crippen LogP contribution in [0.2, 0.25) is 25.7 Å². The quantitative estimate of drug-likeness (QED) is 0.128. The number of esters is 1. The van der Waals surface area contributed by atoms with E-state index in [1.165, 1.54) is 35.4 Å². The van der Waals surface area contributed by atoms with Crippen molar-refractivity contribution in [1.29, 1.82) is 0 Å². The summed E-state index contributed by atoms with van der Waals surface area (Å²) in [4.78, 5) is 25.3. The Morgan fingerprint density at radius 2 is 1.63 bits per heavy atom. The molecule has 3 aromatic carbocycles. The van der Waals surface area contributed by atoms with Crippen molar-refractivity contribution in [3.63, 3.8) is 0 Å². The zero-order valence-electron chi connectivity index (χ0n) is 23.0. The third-order valence-electron chi connectivity index (χ3n) is 6.89. The Morgan fingerprint density at radius 1 is 0.947 bits per heavy atom. The number of allylic oxidation sites excluding steroid dienone is 2. The number of ketones is 1. The number of benzene rings is 3. The van der Waals surface area contributed by atoms with Crippen molar-refractivity contribution < 1.29 is 18.7 Å². The lowest BCUT2D eigenvalue weighted by Gasteiger charge is -2.18. The molecule has 0 bridgehead atoms. The van der Waals surface area contributed by atoms with Crippen molar-refractivity contribution >= 4 is 31.5 Å². The Morgan fingerprint density at radius 3 is 2.29 bits per heavy atom. The van der Waals surface area contributed by atoms with Crippen LogP contribution in [0.3, 0.4) is 0 Å². The molecule has 0 aromatic heterocycles. The van der Waals surface area contributed by atoms with Gasteiger partial charge in [-0.15, -0.1) is 0 Å². The second-order valence-electron chi connectivity index (χ2n) is 11.8. The summed E-state index contributed by atoms with van der Waals surface area (Å²) in [6.07, 6.45) is 5.08. The fraction of sp³-hybridized carbons (Fsp3) is 0.273. The van der Waals surface area contributed by atoms with E-state index in [9.17, 15) is 14.0 Å². The topological polar surface area (TPSA) is 43.4 Å². The van der Waals surface area contributed by atoms with Gasteiger partial charge in [-0.05, 0) is 65.6 Å². The van der Waals surface area contributed by atoms with Crippen LogP contribution in [-0.2, 0) is 10.2 Å². The number of hydrogen-bond donors (Lipinski definition) is 0. The third-order valence-corrected chi connectivity index (χ3v) is 8.60. The lowest BCUT2D eigenvalue weighted by Crippen LogP contribution is -2.22. The lowest BCUT2D eigenvalue weighted by molar-refractivity contribution is 0.0524. The monoisotopic (exact) mass is 526 g/mol. The molecule has 0 heterocycles. The van der Waals surface area contributed by atoms with E-state index in [2.05, 4.69) is 70.8 Å². The average molecular weight is 527 g/mol. The Kier molecular flexibility index (Phi) is 7.70. The Balaban J connectivity index is 1.48. The maximum absolute atomic E-state index is 14.7. The van der Waals surface area contributed by atoms with Crippen LogP contribution in [0, 0.1) is 12.7 Å². The largest absolute Gasteiger partial charge is 0.462 e. The summed E-state index contributed by atoms with van der Waals surface area (Å²) < 4.78 is 20.0. The van der Waals surface area contributed by atoms with Crippen LogP contribution in [0.25, 0.3) is 11.6 Å². The minimum absolute atomic E-state index is 0.166. The molecule has 0 amide bonds. The summed E-state index contributed by atoms with van der Waals surface area (Å²) >= 11 is 0. The fourth-order valence-corrected chi connectivity index (χ4v) is 5.25. The predicted molar refractivity (Wildman–Crippen MR) is 156 cm³/mol. The number of hydrogen-bond acceptors (Lipinski definition) is 3. The van der Waals surface area contributed by atoms with E-state index in [0.717, 1.165) is 28.8 Å². The van der Waals surface area contributed by atoms with Gasteiger partial charge in [-0.1, -0.05) is 87.6 Å². The molecule has 0 unspecified atom stereocenters. The molecule has 1 aliphatic carbocycles. The smallest absolute Gasteiger partial charge is 0.338 e. The zero-order chi connectivity index (χ0) is 27.7. The van der Waals surface area contributed by atoms with Crippen molar-refractivity contribution in [2.45, 2.75) is 51.9 Å². The molecule has 3 nitrogen and oxygen atoms in total. The Labute approximate surface area is 226 Å². The van der Waals surface area contributed by atoms with Crippen molar-refractivity contribution in [1.82, 2.24) is 0 Å². The maximum atomic E-state index is 14.7. The Bertz CT molecular complexity index is 1440. The molecule has 0 saturated carbocycles. The van der Waals surface area contributed by atoms with E-state index in [4.69, 9.17) is 4.74 Å². The first-order valence-corrected chi connectivity index (χ1v) is 16.7. The second kappa shape index (κ2) is 10.7. The van der Waals surface area contributed by atoms with Gasteiger partial charge < -0.3 is 4.74 Å². The predicted octanol–water partition coefficient (Wildman–Crippen LogP) is 8.25. The first-order valence-electron chi connectivity index (χ1n) is 13.0. The molecule has 0 saturated heterocycles. The van der Waals surface area contributed by atoms with Gasteiger partial charge in [-0.2, -0.15) is 0 Å². The molecule has 196 valence electrons. The van der Waals surface area contributed by atoms with Crippen molar-refractivity contribution in [2.24, 2.45) is 0 Å². The fourth-order valence-electron chi connectivity index (χ4n) is 4.54. The molecule has 0 fully saturated rings. The summed E-state index contributed by atoms with van der Waals surface area (Å²) in [6, 6.07) is 19.3. The van der Waals surface area contributed by atoms with Gasteiger partial charge in [0.15, 0.2) is 5.78 Å². The molecular weight excluding hydrogens is 491 g/mol. The van der Waals surface area contributed by atoms with Crippen LogP contribution in [0.15, 0.2) is 72.8 Å². The van der Waals surface area contributed by atoms with E-state index in [-0.39, 0.29) is 22.3 Å². The molecule has 0 aliphatic heterocycles. The molecule has 5 heteroatoms. The highest BCUT2D eigenvalue weighted by molar-refractivity contribution is 6.76. The number of rotatable bonds is 8. The van der Waals surface area contributed by atoms with Crippen LogP contribution < -0.4 is 0 Å². The summed E-state index contributed by atoms with van der Waals surface area (Å²) in [7, 11) is -1.32. The van der Waals surface area contributed by atoms with Crippen molar-refractivity contribution in [2.75, 3.05) is 6.61 Å². The van der Waals surface area contributed by atoms with E-state index in [0.29, 0.717) is 12.2 Å². The van der Waals surface area contributed by atoms with Gasteiger partial charge in [0.1, 0.15) is 5.82 Å². The average Bonchev–Trinajstić information content (AvgIpc) is 3.12. The molecule has 3 aromatic rings. The van der Waals surface area contributed by atoms with Crippen LogP contribution >= 0.6 is 0 Å². The zero-order valence-corrected chi connectivity index (χ0v) is 24.0. The SMILES string of the molecule is Cc1ccc(C2=CC(C)(C)c3cc(C(=O)/C=C/c4ccc(C(=O)OCC[Si](C)(C)C)cc4F)ccc32)cc1. The molecule has 38 heavy (non-hydrogen) atoms. The molecular formula is C33H35FO3Si. The third kappa shape index (κ3) is 6.28. The van der Waals surface area contributed by atoms with Crippen LogP contribution in [0.4, 0.5) is 4.39 Å². The molecule has 0 atom stereocenters. The Hall–Kier alpha value is -3.57. The molecule has 0 N–H and O–H groups in total. The van der Waals surface area contributed by atoms with Gasteiger partial charge >= 0.3 is 5.97 Å². The van der Waals surface area contributed by atoms with Gasteiger partial charge in [0.05, 0.1) is 12.2 Å². The number of halogens is 1. The summed E-state index contributed by atoms with van der Waals surface area (Å²) in [5.41, 5.74) is 6.48. The van der Waals surface area contributed by atoms with Crippen LogP contribution in [0.1, 0.15) is 62.4 Å². The number of fused-ring (bicyclic) bond motifs is 1. The molecule has 0 spiro atoms. The number of carbonyl (C=O) groups is 2. The number of aryl methyl sites for hydroxylation is 1. The molecule has 4 rings (SSSR count). The van der Waals surface area contributed by atoms with E-state index < -0.39 is 19.9 Å². The van der Waals surface area contributed by atoms with E-state index in [1.54, 1.807) is 0 Å². The molecule has 0 radical (unpaired) electrons. The lowest BCUT2D eigenvalue weighted by atomic mass is 9.85. The molecule has 1 aliphatic rings. The first-order chi connectivity index (χ1) is 17.8. The summed E-state index contributed by atoms with van der Waals surface area (Å²) in [6.45, 7) is 13.3. The maximum Gasteiger partial charge on any atom is 0.338 e. The summed E-state index contributed by atoms with van der Waals surface area (Å²) in [5, 5.41) is 0. The normalized spacial score (nSPS) is 14.3. The van der Waals surface area contributed by atoms with Gasteiger partial charge in [0.2, 0.25) is 0 Å². The van der Waals surface area contributed by atoms with Crippen molar-refractivity contribution in [3.8, 4) is 0 Å². The number of carbonyl (C=O) groups excluding carboxylic acids is 2. The van der Waals surface area contributed by atoms with Gasteiger partial charge in [-0.3, -0.25) is 4.79 Å². The minimum Gasteiger partial charge on any atom is -0.462 e. The standard InChI is InChI=1S/C33H35FO3Si/c1-22-7-9-23(10-8-22)28-21-33(2,3)29-19-25(13-15-27(28)29)31(35)16-14-24-11-12-26(20-30(24)34)32(36)37-17-18-38(4,5)6/h7-16,19-21H,17-18H2,1-6H3/b16-14+. The highest BCUT2D eigenvalue weighted by atomic mass is 28.3. The van der Waals surface area contributed by atoms with E-state index >= 15 is 0 Å². The second-order valence-corrected chi connectivity index (χ2v) is 17.4. The highest BCUT2D eigenvalue weighted by Crippen LogP contribution is 2.43. The van der Waals surface area contributed by atoms with Crippen LogP contribution in [-0.4, -0.2) is 26.4 Å². The minimum atomic E-state index is -1.32. The number of ether oxygens (including phenoxy) is 1.